The number of rotatable bonds is 5. The van der Waals surface area contributed by atoms with E-state index >= 15 is 0 Å². The molecule has 1 aliphatic heterocycles. The number of piperidine rings is 1. The summed E-state index contributed by atoms with van der Waals surface area (Å²) in [6, 6.07) is 0. The maximum absolute atomic E-state index is 12.1. The topological polar surface area (TPSA) is 38.3 Å². The predicted octanol–water partition coefficient (Wildman–Crippen LogP) is 2.54. The zero-order chi connectivity index (χ0) is 12.8. The van der Waals surface area contributed by atoms with Crippen LogP contribution in [-0.4, -0.2) is 31.6 Å². The van der Waals surface area contributed by atoms with Crippen LogP contribution in [0.5, 0.6) is 0 Å². The summed E-state index contributed by atoms with van der Waals surface area (Å²) in [5, 5.41) is 3.32. The minimum atomic E-state index is 0.324. The average molecular weight is 253 g/mol. The molecule has 2 fully saturated rings. The molecule has 1 saturated carbocycles. The molecule has 2 atom stereocenters. The van der Waals surface area contributed by atoms with E-state index in [4.69, 9.17) is 4.74 Å². The van der Waals surface area contributed by atoms with Gasteiger partial charge in [0, 0.05) is 12.3 Å². The van der Waals surface area contributed by atoms with Crippen molar-refractivity contribution in [1.82, 2.24) is 5.32 Å². The van der Waals surface area contributed by atoms with Gasteiger partial charge in [-0.1, -0.05) is 19.8 Å². The molecule has 0 aromatic carbocycles. The molecule has 1 aliphatic carbocycles. The van der Waals surface area contributed by atoms with E-state index in [1.165, 1.54) is 12.8 Å². The first-order valence-corrected chi connectivity index (χ1v) is 7.60. The Morgan fingerprint density at radius 1 is 1.22 bits per heavy atom. The molecular formula is C15H27NO2. The van der Waals surface area contributed by atoms with Crippen molar-refractivity contribution in [1.29, 1.82) is 0 Å². The summed E-state index contributed by atoms with van der Waals surface area (Å²) in [4.78, 5) is 12.1. The van der Waals surface area contributed by atoms with E-state index in [0.29, 0.717) is 30.8 Å². The quantitative estimate of drug-likeness (QED) is 0.818. The highest BCUT2D eigenvalue weighted by Gasteiger charge is 2.24. The zero-order valence-corrected chi connectivity index (χ0v) is 11.6. The fourth-order valence-corrected chi connectivity index (χ4v) is 3.22. The Hall–Kier alpha value is -0.410. The van der Waals surface area contributed by atoms with Gasteiger partial charge in [0.25, 0.3) is 0 Å². The molecule has 2 rings (SSSR count). The molecule has 0 spiro atoms. The first-order chi connectivity index (χ1) is 8.75. The summed E-state index contributed by atoms with van der Waals surface area (Å²) in [5.74, 6) is 1.50. The number of carbonyl (C=O) groups is 1. The Morgan fingerprint density at radius 3 is 2.72 bits per heavy atom. The van der Waals surface area contributed by atoms with Crippen LogP contribution in [0, 0.1) is 11.8 Å². The van der Waals surface area contributed by atoms with E-state index < -0.39 is 0 Å². The Kier molecular flexibility index (Phi) is 5.64. The highest BCUT2D eigenvalue weighted by Crippen LogP contribution is 2.29. The molecule has 2 aliphatic rings. The second-order valence-electron chi connectivity index (χ2n) is 6.01. The lowest BCUT2D eigenvalue weighted by Gasteiger charge is -2.26. The van der Waals surface area contributed by atoms with Gasteiger partial charge in [-0.2, -0.15) is 0 Å². The molecule has 2 unspecified atom stereocenters. The highest BCUT2D eigenvalue weighted by molar-refractivity contribution is 5.81. The Morgan fingerprint density at radius 2 is 2.00 bits per heavy atom. The first-order valence-electron chi connectivity index (χ1n) is 7.60. The molecule has 0 aromatic rings. The van der Waals surface area contributed by atoms with Gasteiger partial charge in [-0.15, -0.1) is 0 Å². The highest BCUT2D eigenvalue weighted by atomic mass is 16.5. The van der Waals surface area contributed by atoms with Gasteiger partial charge in [0.2, 0.25) is 0 Å². The van der Waals surface area contributed by atoms with E-state index in [1.807, 2.05) is 0 Å². The number of hydrogen-bond donors (Lipinski definition) is 1. The van der Waals surface area contributed by atoms with Crippen LogP contribution in [0.25, 0.3) is 0 Å². The smallest absolute Gasteiger partial charge is 0.138 e. The molecule has 3 nitrogen and oxygen atoms in total. The van der Waals surface area contributed by atoms with Crippen molar-refractivity contribution >= 4 is 5.78 Å². The van der Waals surface area contributed by atoms with Crippen LogP contribution in [-0.2, 0) is 9.53 Å². The zero-order valence-electron chi connectivity index (χ0n) is 11.6. The number of ketones is 1. The van der Waals surface area contributed by atoms with Gasteiger partial charge in [-0.05, 0) is 44.7 Å². The summed E-state index contributed by atoms with van der Waals surface area (Å²) >= 11 is 0. The van der Waals surface area contributed by atoms with E-state index in [-0.39, 0.29) is 0 Å². The van der Waals surface area contributed by atoms with Gasteiger partial charge in [0.15, 0.2) is 0 Å². The van der Waals surface area contributed by atoms with Crippen LogP contribution in [0.1, 0.15) is 51.9 Å². The first kappa shape index (κ1) is 14.0. The van der Waals surface area contributed by atoms with Crippen LogP contribution in [0.2, 0.25) is 0 Å². The maximum Gasteiger partial charge on any atom is 0.138 e. The van der Waals surface area contributed by atoms with Crippen molar-refractivity contribution in [3.8, 4) is 0 Å². The minimum absolute atomic E-state index is 0.324. The third kappa shape index (κ3) is 4.36. The summed E-state index contributed by atoms with van der Waals surface area (Å²) < 4.78 is 5.81. The molecular weight excluding hydrogens is 226 g/mol. The average Bonchev–Trinajstić information content (AvgIpc) is 2.40. The number of ether oxygens (including phenoxy) is 1. The molecule has 0 aromatic heterocycles. The lowest BCUT2D eigenvalue weighted by atomic mass is 9.80. The third-order valence-corrected chi connectivity index (χ3v) is 4.38. The molecule has 104 valence electrons. The van der Waals surface area contributed by atoms with Crippen LogP contribution >= 0.6 is 0 Å². The summed E-state index contributed by atoms with van der Waals surface area (Å²) in [5.41, 5.74) is 0. The van der Waals surface area contributed by atoms with Gasteiger partial charge in [0.1, 0.15) is 5.78 Å². The third-order valence-electron chi connectivity index (χ3n) is 4.38. The lowest BCUT2D eigenvalue weighted by Crippen LogP contribution is -2.33. The fraction of sp³-hybridized carbons (Fsp3) is 0.933. The molecule has 1 heterocycles. The van der Waals surface area contributed by atoms with Crippen LogP contribution in [0.4, 0.5) is 0 Å². The lowest BCUT2D eigenvalue weighted by molar-refractivity contribution is -0.125. The van der Waals surface area contributed by atoms with Crippen LogP contribution in [0.15, 0.2) is 0 Å². The van der Waals surface area contributed by atoms with Gasteiger partial charge in [0.05, 0.1) is 12.7 Å². The predicted molar refractivity (Wildman–Crippen MR) is 72.6 cm³/mol. The van der Waals surface area contributed by atoms with Crippen LogP contribution in [0.3, 0.4) is 0 Å². The Labute approximate surface area is 111 Å². The molecule has 0 bridgehead atoms. The van der Waals surface area contributed by atoms with E-state index in [1.54, 1.807) is 0 Å². The monoisotopic (exact) mass is 253 g/mol. The minimum Gasteiger partial charge on any atom is -0.378 e. The summed E-state index contributed by atoms with van der Waals surface area (Å²) in [7, 11) is 0. The number of Topliss-reactive ketones (excluding diaryl/α,β-unsaturated/α-hetero) is 1. The maximum atomic E-state index is 12.1. The molecule has 0 radical (unpaired) electrons. The number of nitrogens with one attached hydrogen (secondary N) is 1. The largest absolute Gasteiger partial charge is 0.378 e. The molecule has 18 heavy (non-hydrogen) atoms. The normalized spacial score (nSPS) is 30.3. The van der Waals surface area contributed by atoms with Crippen LogP contribution < -0.4 is 5.32 Å². The second kappa shape index (κ2) is 7.25. The van der Waals surface area contributed by atoms with Crippen molar-refractivity contribution in [3.63, 3.8) is 0 Å². The van der Waals surface area contributed by atoms with E-state index in [0.717, 1.165) is 44.7 Å². The van der Waals surface area contributed by atoms with Gasteiger partial charge in [-0.25, -0.2) is 0 Å². The van der Waals surface area contributed by atoms with Gasteiger partial charge in [-0.3, -0.25) is 4.79 Å². The van der Waals surface area contributed by atoms with E-state index in [9.17, 15) is 4.79 Å². The summed E-state index contributed by atoms with van der Waals surface area (Å²) in [6.07, 6.45) is 7.93. The van der Waals surface area contributed by atoms with Crippen molar-refractivity contribution in [2.75, 3.05) is 19.7 Å². The Balaban J connectivity index is 1.61. The van der Waals surface area contributed by atoms with Gasteiger partial charge < -0.3 is 10.1 Å². The number of carbonyl (C=O) groups excluding carboxylic acids is 1. The number of hydrogen-bond acceptors (Lipinski definition) is 3. The SMILES string of the molecule is CC1CCCC(C(=O)CCOC2CCNCC2)C1. The van der Waals surface area contributed by atoms with E-state index in [2.05, 4.69) is 12.2 Å². The van der Waals surface area contributed by atoms with Crippen molar-refractivity contribution in [2.45, 2.75) is 58.0 Å². The molecule has 1 saturated heterocycles. The van der Waals surface area contributed by atoms with Gasteiger partial charge >= 0.3 is 0 Å². The molecule has 1 N–H and O–H groups in total. The van der Waals surface area contributed by atoms with Crippen molar-refractivity contribution in [3.05, 3.63) is 0 Å². The molecule has 0 amide bonds. The molecule has 3 heteroatoms. The standard InChI is InChI=1S/C15H27NO2/c1-12-3-2-4-13(11-12)15(17)7-10-18-14-5-8-16-9-6-14/h12-14,16H,2-11H2,1H3. The second-order valence-corrected chi connectivity index (χ2v) is 6.01. The fourth-order valence-electron chi connectivity index (χ4n) is 3.22. The summed E-state index contributed by atoms with van der Waals surface area (Å²) in [6.45, 7) is 5.01. The Bertz CT molecular complexity index is 261. The van der Waals surface area contributed by atoms with Crippen molar-refractivity contribution in [2.24, 2.45) is 11.8 Å². The van der Waals surface area contributed by atoms with Crippen molar-refractivity contribution < 1.29 is 9.53 Å².